The second kappa shape index (κ2) is 5.67. The van der Waals surface area contributed by atoms with Gasteiger partial charge in [-0.15, -0.1) is 0 Å². The van der Waals surface area contributed by atoms with Crippen molar-refractivity contribution in [1.82, 2.24) is 15.1 Å². The van der Waals surface area contributed by atoms with E-state index >= 15 is 0 Å². The number of nitrogens with one attached hydrogen (secondary N) is 1. The predicted octanol–water partition coefficient (Wildman–Crippen LogP) is 2.10. The molecule has 0 bridgehead atoms. The first-order chi connectivity index (χ1) is 8.20. The Kier molecular flexibility index (Phi) is 4.20. The number of nitrogens with zero attached hydrogens (tertiary/aromatic N) is 2. The van der Waals surface area contributed by atoms with E-state index in [-0.39, 0.29) is 11.9 Å². The largest absolute Gasteiger partial charge is 0.348 e. The van der Waals surface area contributed by atoms with E-state index in [0.717, 1.165) is 11.8 Å². The summed E-state index contributed by atoms with van der Waals surface area (Å²) in [4.78, 5) is 12.0. The van der Waals surface area contributed by atoms with E-state index in [4.69, 9.17) is 0 Å². The summed E-state index contributed by atoms with van der Waals surface area (Å²) >= 11 is 3.53. The molecule has 1 saturated carbocycles. The van der Waals surface area contributed by atoms with Crippen molar-refractivity contribution >= 4 is 21.8 Å². The zero-order valence-electron chi connectivity index (χ0n) is 10.0. The van der Waals surface area contributed by atoms with Crippen LogP contribution in [0, 0.1) is 5.92 Å². The molecule has 2 rings (SSSR count). The topological polar surface area (TPSA) is 46.9 Å². The Morgan fingerprint density at radius 3 is 3.00 bits per heavy atom. The lowest BCUT2D eigenvalue weighted by Crippen LogP contribution is -2.42. The summed E-state index contributed by atoms with van der Waals surface area (Å²) in [6.45, 7) is 0. The average molecular weight is 300 g/mol. The third kappa shape index (κ3) is 3.09. The van der Waals surface area contributed by atoms with Gasteiger partial charge >= 0.3 is 0 Å². The summed E-state index contributed by atoms with van der Waals surface area (Å²) in [6, 6.07) is 2.04. The normalized spacial score (nSPS) is 24.6. The smallest absolute Gasteiger partial charge is 0.272 e. The van der Waals surface area contributed by atoms with Crippen molar-refractivity contribution in [2.75, 3.05) is 5.33 Å². The minimum atomic E-state index is -0.0524. The molecule has 17 heavy (non-hydrogen) atoms. The van der Waals surface area contributed by atoms with Gasteiger partial charge in [-0.3, -0.25) is 9.48 Å². The molecule has 94 valence electrons. The van der Waals surface area contributed by atoms with Crippen LogP contribution in [0.1, 0.15) is 36.2 Å². The molecule has 5 heteroatoms. The number of aryl methyl sites for hydroxylation is 1. The number of amides is 1. The van der Waals surface area contributed by atoms with Crippen LogP contribution < -0.4 is 5.32 Å². The molecule has 1 heterocycles. The molecule has 2 unspecified atom stereocenters. The van der Waals surface area contributed by atoms with E-state index in [1.165, 1.54) is 19.3 Å². The number of alkyl halides is 1. The van der Waals surface area contributed by atoms with Crippen LogP contribution in [-0.4, -0.2) is 27.1 Å². The Morgan fingerprint density at radius 1 is 1.59 bits per heavy atom. The maximum atomic E-state index is 12.0. The molecule has 1 aliphatic carbocycles. The maximum Gasteiger partial charge on any atom is 0.272 e. The number of carbonyl (C=O) groups is 1. The maximum absolute atomic E-state index is 12.0. The highest BCUT2D eigenvalue weighted by atomic mass is 79.9. The lowest BCUT2D eigenvalue weighted by Gasteiger charge is -2.30. The summed E-state index contributed by atoms with van der Waals surface area (Å²) in [7, 11) is 1.82. The Hall–Kier alpha value is -0.840. The van der Waals surface area contributed by atoms with Crippen molar-refractivity contribution < 1.29 is 4.79 Å². The summed E-state index contributed by atoms with van der Waals surface area (Å²) in [5.41, 5.74) is 0.506. The van der Waals surface area contributed by atoms with E-state index < -0.39 is 0 Å². The number of carbonyl (C=O) groups excluding carboxylic acids is 1. The van der Waals surface area contributed by atoms with Gasteiger partial charge in [0.1, 0.15) is 5.69 Å². The van der Waals surface area contributed by atoms with E-state index in [0.29, 0.717) is 11.6 Å². The van der Waals surface area contributed by atoms with Crippen LogP contribution in [0.25, 0.3) is 0 Å². The highest BCUT2D eigenvalue weighted by Gasteiger charge is 2.26. The number of aromatic nitrogens is 2. The molecule has 1 amide bonds. The van der Waals surface area contributed by atoms with Crippen LogP contribution in [0.15, 0.2) is 12.3 Å². The number of rotatable bonds is 3. The SMILES string of the molecule is Cn1ccc(C(=O)NC2CCCCC2CBr)n1. The first-order valence-corrected chi connectivity index (χ1v) is 7.19. The van der Waals surface area contributed by atoms with E-state index in [9.17, 15) is 4.79 Å². The summed E-state index contributed by atoms with van der Waals surface area (Å²) in [5.74, 6) is 0.500. The molecular weight excluding hydrogens is 282 g/mol. The Morgan fingerprint density at radius 2 is 2.35 bits per heavy atom. The molecule has 0 aromatic carbocycles. The van der Waals surface area contributed by atoms with Crippen molar-refractivity contribution in [2.45, 2.75) is 31.7 Å². The van der Waals surface area contributed by atoms with Gasteiger partial charge < -0.3 is 5.32 Å². The van der Waals surface area contributed by atoms with Gasteiger partial charge in [0.05, 0.1) is 0 Å². The predicted molar refractivity (Wildman–Crippen MR) is 70.2 cm³/mol. The summed E-state index contributed by atoms with van der Waals surface area (Å²) in [6.07, 6.45) is 6.54. The fraction of sp³-hybridized carbons (Fsp3) is 0.667. The Bertz CT molecular complexity index is 391. The number of hydrogen-bond acceptors (Lipinski definition) is 2. The van der Waals surface area contributed by atoms with Crippen molar-refractivity contribution in [3.8, 4) is 0 Å². The molecule has 1 fully saturated rings. The van der Waals surface area contributed by atoms with Crippen molar-refractivity contribution in [1.29, 1.82) is 0 Å². The molecule has 1 aromatic rings. The van der Waals surface area contributed by atoms with E-state index in [1.807, 2.05) is 7.05 Å². The third-order valence-corrected chi connectivity index (χ3v) is 4.20. The van der Waals surface area contributed by atoms with Crippen LogP contribution >= 0.6 is 15.9 Å². The highest BCUT2D eigenvalue weighted by Crippen LogP contribution is 2.26. The van der Waals surface area contributed by atoms with Crippen LogP contribution in [0.4, 0.5) is 0 Å². The molecule has 1 N–H and O–H groups in total. The first kappa shape index (κ1) is 12.6. The van der Waals surface area contributed by atoms with E-state index in [2.05, 4.69) is 26.3 Å². The monoisotopic (exact) mass is 299 g/mol. The minimum absolute atomic E-state index is 0.0524. The van der Waals surface area contributed by atoms with Crippen LogP contribution in [0.2, 0.25) is 0 Å². The molecule has 0 saturated heterocycles. The molecule has 0 radical (unpaired) electrons. The molecule has 1 aromatic heterocycles. The van der Waals surface area contributed by atoms with Gasteiger partial charge in [0, 0.05) is 24.6 Å². The van der Waals surface area contributed by atoms with Crippen LogP contribution in [0.5, 0.6) is 0 Å². The van der Waals surface area contributed by atoms with Gasteiger partial charge in [-0.25, -0.2) is 0 Å². The van der Waals surface area contributed by atoms with Gasteiger partial charge in [0.15, 0.2) is 0 Å². The molecular formula is C12H18BrN3O. The molecule has 4 nitrogen and oxygen atoms in total. The van der Waals surface area contributed by atoms with Gasteiger partial charge in [-0.05, 0) is 24.8 Å². The second-order valence-corrected chi connectivity index (χ2v) is 5.30. The molecule has 1 aliphatic rings. The molecule has 0 aliphatic heterocycles. The highest BCUT2D eigenvalue weighted by molar-refractivity contribution is 9.09. The van der Waals surface area contributed by atoms with Gasteiger partial charge in [-0.2, -0.15) is 5.10 Å². The Labute approximate surface area is 110 Å². The van der Waals surface area contributed by atoms with Crippen LogP contribution in [-0.2, 0) is 7.05 Å². The van der Waals surface area contributed by atoms with Crippen molar-refractivity contribution in [3.63, 3.8) is 0 Å². The fourth-order valence-corrected chi connectivity index (χ4v) is 3.14. The first-order valence-electron chi connectivity index (χ1n) is 6.07. The quantitative estimate of drug-likeness (QED) is 0.869. The van der Waals surface area contributed by atoms with Gasteiger partial charge in [0.2, 0.25) is 0 Å². The standard InChI is InChI=1S/C12H18BrN3O/c1-16-7-6-11(15-16)12(17)14-10-5-3-2-4-9(10)8-13/h6-7,9-10H,2-5,8H2,1H3,(H,14,17). The third-order valence-electron chi connectivity index (χ3n) is 3.37. The zero-order chi connectivity index (χ0) is 12.3. The lowest BCUT2D eigenvalue weighted by atomic mass is 9.86. The minimum Gasteiger partial charge on any atom is -0.348 e. The fourth-order valence-electron chi connectivity index (χ4n) is 2.36. The average Bonchev–Trinajstić information content (AvgIpc) is 2.77. The molecule has 2 atom stereocenters. The lowest BCUT2D eigenvalue weighted by molar-refractivity contribution is 0.0906. The number of hydrogen-bond donors (Lipinski definition) is 1. The Balaban J connectivity index is 1.97. The van der Waals surface area contributed by atoms with Gasteiger partial charge in [0.25, 0.3) is 5.91 Å². The van der Waals surface area contributed by atoms with Gasteiger partial charge in [-0.1, -0.05) is 28.8 Å². The summed E-state index contributed by atoms with van der Waals surface area (Å²) in [5, 5.41) is 8.18. The molecule has 0 spiro atoms. The van der Waals surface area contributed by atoms with Crippen molar-refractivity contribution in [2.24, 2.45) is 13.0 Å². The van der Waals surface area contributed by atoms with E-state index in [1.54, 1.807) is 16.9 Å². The second-order valence-electron chi connectivity index (χ2n) is 4.65. The van der Waals surface area contributed by atoms with Crippen LogP contribution in [0.3, 0.4) is 0 Å². The van der Waals surface area contributed by atoms with Crippen molar-refractivity contribution in [3.05, 3.63) is 18.0 Å². The summed E-state index contributed by atoms with van der Waals surface area (Å²) < 4.78 is 1.65. The number of halogens is 1. The zero-order valence-corrected chi connectivity index (χ0v) is 11.6.